The molecule has 2 aromatic heterocycles. The maximum Gasteiger partial charge on any atom is 0.234 e. The summed E-state index contributed by atoms with van der Waals surface area (Å²) in [7, 11) is 0. The van der Waals surface area contributed by atoms with E-state index in [1.165, 1.54) is 11.3 Å². The van der Waals surface area contributed by atoms with Gasteiger partial charge < -0.3 is 0 Å². The maximum atomic E-state index is 5.86. The Kier molecular flexibility index (Phi) is 3.54. The summed E-state index contributed by atoms with van der Waals surface area (Å²) in [4.78, 5) is 0.824. The molecule has 6 heteroatoms. The monoisotopic (exact) mass is 304 g/mol. The van der Waals surface area contributed by atoms with E-state index in [1.807, 2.05) is 40.9 Å². The van der Waals surface area contributed by atoms with Crippen LogP contribution in [-0.4, -0.2) is 19.8 Å². The number of aromatic nitrogens is 4. The lowest BCUT2D eigenvalue weighted by Crippen LogP contribution is -1.97. The zero-order valence-corrected chi connectivity index (χ0v) is 12.7. The third-order valence-electron chi connectivity index (χ3n) is 2.84. The second kappa shape index (κ2) is 5.34. The normalized spacial score (nSPS) is 12.0. The molecular weight excluding hydrogens is 292 g/mol. The van der Waals surface area contributed by atoms with Gasteiger partial charge in [0.2, 0.25) is 4.96 Å². The molecule has 1 aromatic carbocycles. The Bertz CT molecular complexity index is 755. The molecule has 2 heterocycles. The van der Waals surface area contributed by atoms with Gasteiger partial charge in [-0.3, -0.25) is 0 Å². The lowest BCUT2D eigenvalue weighted by atomic mass is 10.2. The molecule has 0 spiro atoms. The number of nitrogens with zero attached hydrogens (tertiary/aromatic N) is 4. The number of hydrogen-bond donors (Lipinski definition) is 0. The lowest BCUT2D eigenvalue weighted by molar-refractivity contribution is 0.724. The molecule has 3 rings (SSSR count). The molecule has 0 N–H and O–H groups in total. The van der Waals surface area contributed by atoms with Crippen molar-refractivity contribution in [2.24, 2.45) is 0 Å². The largest absolute Gasteiger partial charge is 0.234 e. The van der Waals surface area contributed by atoms with Gasteiger partial charge >= 0.3 is 0 Å². The van der Waals surface area contributed by atoms with Crippen LogP contribution in [0.2, 0.25) is 5.02 Å². The van der Waals surface area contributed by atoms with Crippen molar-refractivity contribution in [3.8, 4) is 0 Å². The van der Waals surface area contributed by atoms with E-state index in [-0.39, 0.29) is 0 Å². The summed E-state index contributed by atoms with van der Waals surface area (Å²) in [5.41, 5.74) is 1.09. The summed E-state index contributed by atoms with van der Waals surface area (Å²) >= 11 is 7.38. The van der Waals surface area contributed by atoms with Gasteiger partial charge in [0.15, 0.2) is 5.82 Å². The van der Waals surface area contributed by atoms with Gasteiger partial charge in [0.1, 0.15) is 5.01 Å². The fourth-order valence-electron chi connectivity index (χ4n) is 1.82. The second-order valence-electron chi connectivity index (χ2n) is 4.73. The van der Waals surface area contributed by atoms with Crippen LogP contribution in [0.25, 0.3) is 17.1 Å². The molecule has 0 radical (unpaired) electrons. The van der Waals surface area contributed by atoms with Crippen LogP contribution < -0.4 is 0 Å². The van der Waals surface area contributed by atoms with Gasteiger partial charge in [-0.25, -0.2) is 0 Å². The molecule has 0 amide bonds. The standard InChI is InChI=1S/C14H13ClN4S/c1-9(2)13-16-17-14-19(13)18-12(20-14)8-5-10-3-6-11(15)7-4-10/h3-9H,1-2H3/b8-5+. The minimum atomic E-state index is 0.306. The third-order valence-corrected chi connectivity index (χ3v) is 3.95. The predicted octanol–water partition coefficient (Wildman–Crippen LogP) is 4.13. The van der Waals surface area contributed by atoms with Crippen LogP contribution in [0.5, 0.6) is 0 Å². The van der Waals surface area contributed by atoms with E-state index in [4.69, 9.17) is 11.6 Å². The van der Waals surface area contributed by atoms with Gasteiger partial charge in [0.05, 0.1) is 0 Å². The third kappa shape index (κ3) is 2.59. The molecule has 20 heavy (non-hydrogen) atoms. The van der Waals surface area contributed by atoms with Crippen LogP contribution in [0, 0.1) is 0 Å². The number of rotatable bonds is 3. The Morgan fingerprint density at radius 3 is 2.60 bits per heavy atom. The van der Waals surface area contributed by atoms with Crippen LogP contribution >= 0.6 is 22.9 Å². The van der Waals surface area contributed by atoms with Gasteiger partial charge in [0, 0.05) is 10.9 Å². The molecule has 4 nitrogen and oxygen atoms in total. The minimum absolute atomic E-state index is 0.306. The summed E-state index contributed by atoms with van der Waals surface area (Å²) in [6.07, 6.45) is 3.99. The van der Waals surface area contributed by atoms with E-state index in [9.17, 15) is 0 Å². The van der Waals surface area contributed by atoms with E-state index in [1.54, 1.807) is 0 Å². The Labute approximate surface area is 125 Å². The quantitative estimate of drug-likeness (QED) is 0.730. The average molecular weight is 305 g/mol. The van der Waals surface area contributed by atoms with Gasteiger partial charge in [-0.1, -0.05) is 55.0 Å². The molecule has 0 bridgehead atoms. The summed E-state index contributed by atoms with van der Waals surface area (Å²) in [6, 6.07) is 7.69. The van der Waals surface area contributed by atoms with E-state index < -0.39 is 0 Å². The lowest BCUT2D eigenvalue weighted by Gasteiger charge is -1.97. The predicted molar refractivity (Wildman–Crippen MR) is 83.1 cm³/mol. The minimum Gasteiger partial charge on any atom is -0.187 e. The highest BCUT2D eigenvalue weighted by molar-refractivity contribution is 7.17. The SMILES string of the molecule is CC(C)c1nnc2sc(/C=C/c3ccc(Cl)cc3)nn12. The highest BCUT2D eigenvalue weighted by atomic mass is 35.5. The first-order valence-electron chi connectivity index (χ1n) is 6.29. The van der Waals surface area contributed by atoms with Crippen molar-refractivity contribution in [3.05, 3.63) is 45.7 Å². The summed E-state index contributed by atoms with van der Waals surface area (Å²) in [6.45, 7) is 4.16. The van der Waals surface area contributed by atoms with Crippen molar-refractivity contribution in [2.75, 3.05) is 0 Å². The number of hydrogen-bond acceptors (Lipinski definition) is 4. The van der Waals surface area contributed by atoms with Crippen LogP contribution in [0.15, 0.2) is 24.3 Å². The van der Waals surface area contributed by atoms with E-state index in [2.05, 4.69) is 29.1 Å². The van der Waals surface area contributed by atoms with Crippen molar-refractivity contribution < 1.29 is 0 Å². The first-order chi connectivity index (χ1) is 9.63. The van der Waals surface area contributed by atoms with Crippen LogP contribution in [-0.2, 0) is 0 Å². The van der Waals surface area contributed by atoms with Crippen LogP contribution in [0.1, 0.15) is 36.2 Å². The van der Waals surface area contributed by atoms with Gasteiger partial charge in [0.25, 0.3) is 0 Å². The summed E-state index contributed by atoms with van der Waals surface area (Å²) in [5, 5.41) is 14.5. The molecule has 0 atom stereocenters. The Hall–Kier alpha value is -1.72. The second-order valence-corrected chi connectivity index (χ2v) is 6.16. The van der Waals surface area contributed by atoms with Crippen LogP contribution in [0.4, 0.5) is 0 Å². The van der Waals surface area contributed by atoms with Crippen molar-refractivity contribution in [3.63, 3.8) is 0 Å². The molecular formula is C14H13ClN4S. The first-order valence-corrected chi connectivity index (χ1v) is 7.49. The molecule has 0 saturated carbocycles. The molecule has 0 unspecified atom stereocenters. The fraction of sp³-hybridized carbons (Fsp3) is 0.214. The highest BCUT2D eigenvalue weighted by Gasteiger charge is 2.12. The van der Waals surface area contributed by atoms with Crippen molar-refractivity contribution in [1.82, 2.24) is 19.8 Å². The smallest absolute Gasteiger partial charge is 0.187 e. The van der Waals surface area contributed by atoms with Gasteiger partial charge in [-0.2, -0.15) is 9.61 Å². The van der Waals surface area contributed by atoms with E-state index in [0.717, 1.165) is 26.4 Å². The van der Waals surface area contributed by atoms with Crippen molar-refractivity contribution in [2.45, 2.75) is 19.8 Å². The summed E-state index contributed by atoms with van der Waals surface area (Å²) < 4.78 is 1.82. The zero-order chi connectivity index (χ0) is 14.1. The average Bonchev–Trinajstić information content (AvgIpc) is 2.97. The molecule has 0 saturated heterocycles. The molecule has 0 aliphatic rings. The molecule has 0 aliphatic carbocycles. The Morgan fingerprint density at radius 1 is 1.15 bits per heavy atom. The first kappa shape index (κ1) is 13.3. The fourth-order valence-corrected chi connectivity index (χ4v) is 2.69. The van der Waals surface area contributed by atoms with Crippen molar-refractivity contribution >= 4 is 40.1 Å². The topological polar surface area (TPSA) is 43.1 Å². The van der Waals surface area contributed by atoms with E-state index in [0.29, 0.717) is 5.92 Å². The number of benzene rings is 1. The maximum absolute atomic E-state index is 5.86. The van der Waals surface area contributed by atoms with Crippen molar-refractivity contribution in [1.29, 1.82) is 0 Å². The molecule has 3 aromatic rings. The molecule has 0 aliphatic heterocycles. The van der Waals surface area contributed by atoms with Crippen LogP contribution in [0.3, 0.4) is 0 Å². The Balaban J connectivity index is 1.89. The van der Waals surface area contributed by atoms with Gasteiger partial charge in [-0.05, 0) is 23.8 Å². The Morgan fingerprint density at radius 2 is 1.90 bits per heavy atom. The number of fused-ring (bicyclic) bond motifs is 1. The molecule has 102 valence electrons. The van der Waals surface area contributed by atoms with E-state index >= 15 is 0 Å². The summed E-state index contributed by atoms with van der Waals surface area (Å²) in [5.74, 6) is 1.20. The van der Waals surface area contributed by atoms with Gasteiger partial charge in [-0.15, -0.1) is 10.2 Å². The zero-order valence-electron chi connectivity index (χ0n) is 11.1. The highest BCUT2D eigenvalue weighted by Crippen LogP contribution is 2.20. The number of halogens is 1. The molecule has 0 fully saturated rings.